The molecule has 90 valence electrons. The molecule has 0 radical (unpaired) electrons. The minimum atomic E-state index is 0.331. The number of para-hydroxylation sites is 1. The van der Waals surface area contributed by atoms with Crippen molar-refractivity contribution >= 4 is 0 Å². The lowest BCUT2D eigenvalue weighted by atomic mass is 10.2. The van der Waals surface area contributed by atoms with Crippen molar-refractivity contribution in [3.8, 4) is 11.5 Å². The van der Waals surface area contributed by atoms with Crippen molar-refractivity contribution in [3.05, 3.63) is 42.2 Å². The molecule has 4 nitrogen and oxygen atoms in total. The maximum absolute atomic E-state index is 5.77. The van der Waals surface area contributed by atoms with Gasteiger partial charge in [0.15, 0.2) is 5.75 Å². The van der Waals surface area contributed by atoms with Gasteiger partial charge in [-0.15, -0.1) is 0 Å². The van der Waals surface area contributed by atoms with Gasteiger partial charge in [0.25, 0.3) is 0 Å². The van der Waals surface area contributed by atoms with Gasteiger partial charge in [0.05, 0.1) is 12.4 Å². The standard InChI is InChI=1S/C13H17N3O/c1-10(2)16-9-12(8-15-16)17-13-6-4-3-5-11(13)7-14/h3-6,8-10H,7,14H2,1-2H3. The van der Waals surface area contributed by atoms with Gasteiger partial charge in [0.2, 0.25) is 0 Å². The van der Waals surface area contributed by atoms with Crippen molar-refractivity contribution in [2.24, 2.45) is 5.73 Å². The molecule has 0 unspecified atom stereocenters. The molecule has 0 aliphatic heterocycles. The van der Waals surface area contributed by atoms with Gasteiger partial charge in [0.1, 0.15) is 5.75 Å². The first-order chi connectivity index (χ1) is 8.20. The van der Waals surface area contributed by atoms with E-state index in [0.717, 1.165) is 17.1 Å². The lowest BCUT2D eigenvalue weighted by molar-refractivity contribution is 0.471. The second-order valence-corrected chi connectivity index (χ2v) is 4.16. The van der Waals surface area contributed by atoms with Crippen LogP contribution in [-0.4, -0.2) is 9.78 Å². The summed E-state index contributed by atoms with van der Waals surface area (Å²) >= 11 is 0. The van der Waals surface area contributed by atoms with Gasteiger partial charge < -0.3 is 10.5 Å². The normalized spacial score (nSPS) is 10.8. The van der Waals surface area contributed by atoms with Crippen LogP contribution in [0.2, 0.25) is 0 Å². The van der Waals surface area contributed by atoms with E-state index in [1.807, 2.05) is 35.1 Å². The highest BCUT2D eigenvalue weighted by atomic mass is 16.5. The first kappa shape index (κ1) is 11.7. The van der Waals surface area contributed by atoms with E-state index in [2.05, 4.69) is 18.9 Å². The van der Waals surface area contributed by atoms with Crippen LogP contribution in [0.4, 0.5) is 0 Å². The van der Waals surface area contributed by atoms with Gasteiger partial charge in [-0.05, 0) is 19.9 Å². The third-order valence-corrected chi connectivity index (χ3v) is 2.53. The molecule has 17 heavy (non-hydrogen) atoms. The van der Waals surface area contributed by atoms with Crippen LogP contribution in [0.15, 0.2) is 36.7 Å². The molecule has 0 saturated heterocycles. The molecule has 1 aromatic carbocycles. The Labute approximate surface area is 101 Å². The van der Waals surface area contributed by atoms with Gasteiger partial charge >= 0.3 is 0 Å². The minimum absolute atomic E-state index is 0.331. The average molecular weight is 231 g/mol. The molecule has 0 saturated carbocycles. The van der Waals surface area contributed by atoms with Crippen LogP contribution in [-0.2, 0) is 6.54 Å². The Bertz CT molecular complexity index is 491. The summed E-state index contributed by atoms with van der Waals surface area (Å²) in [5, 5.41) is 4.23. The van der Waals surface area contributed by atoms with Crippen LogP contribution in [0.1, 0.15) is 25.5 Å². The first-order valence-corrected chi connectivity index (χ1v) is 5.70. The summed E-state index contributed by atoms with van der Waals surface area (Å²) in [5.41, 5.74) is 6.65. The molecule has 0 fully saturated rings. The van der Waals surface area contributed by atoms with Crippen LogP contribution < -0.4 is 10.5 Å². The van der Waals surface area contributed by atoms with E-state index in [4.69, 9.17) is 10.5 Å². The van der Waals surface area contributed by atoms with E-state index in [1.54, 1.807) is 6.20 Å². The van der Waals surface area contributed by atoms with Crippen molar-refractivity contribution in [3.63, 3.8) is 0 Å². The fraction of sp³-hybridized carbons (Fsp3) is 0.308. The zero-order valence-corrected chi connectivity index (χ0v) is 10.1. The van der Waals surface area contributed by atoms with Crippen LogP contribution >= 0.6 is 0 Å². The molecule has 0 amide bonds. The molecule has 2 N–H and O–H groups in total. The summed E-state index contributed by atoms with van der Waals surface area (Å²) in [4.78, 5) is 0. The Balaban J connectivity index is 2.19. The Kier molecular flexibility index (Phi) is 3.44. The largest absolute Gasteiger partial charge is 0.454 e. The quantitative estimate of drug-likeness (QED) is 0.880. The van der Waals surface area contributed by atoms with Gasteiger partial charge in [-0.2, -0.15) is 5.10 Å². The van der Waals surface area contributed by atoms with E-state index in [1.165, 1.54) is 0 Å². The second kappa shape index (κ2) is 5.01. The van der Waals surface area contributed by atoms with Crippen LogP contribution in [0.5, 0.6) is 11.5 Å². The fourth-order valence-electron chi connectivity index (χ4n) is 1.55. The summed E-state index contributed by atoms with van der Waals surface area (Å²) in [7, 11) is 0. The molecule has 2 aromatic rings. The SMILES string of the molecule is CC(C)n1cc(Oc2ccccc2CN)cn1. The minimum Gasteiger partial charge on any atom is -0.454 e. The molecule has 4 heteroatoms. The monoisotopic (exact) mass is 231 g/mol. The zero-order valence-electron chi connectivity index (χ0n) is 10.1. The number of hydrogen-bond acceptors (Lipinski definition) is 3. The third-order valence-electron chi connectivity index (χ3n) is 2.53. The average Bonchev–Trinajstić information content (AvgIpc) is 2.78. The third kappa shape index (κ3) is 2.65. The van der Waals surface area contributed by atoms with E-state index in [-0.39, 0.29) is 0 Å². The van der Waals surface area contributed by atoms with Crippen LogP contribution in [0.25, 0.3) is 0 Å². The lowest BCUT2D eigenvalue weighted by Crippen LogP contribution is -2.00. The Morgan fingerprint density at radius 3 is 2.76 bits per heavy atom. The highest BCUT2D eigenvalue weighted by Gasteiger charge is 2.06. The van der Waals surface area contributed by atoms with Crippen molar-refractivity contribution in [2.75, 3.05) is 0 Å². The van der Waals surface area contributed by atoms with E-state index < -0.39 is 0 Å². The van der Waals surface area contributed by atoms with Crippen LogP contribution in [0.3, 0.4) is 0 Å². The van der Waals surface area contributed by atoms with E-state index >= 15 is 0 Å². The number of nitrogens with two attached hydrogens (primary N) is 1. The summed E-state index contributed by atoms with van der Waals surface area (Å²) < 4.78 is 7.63. The topological polar surface area (TPSA) is 53.1 Å². The fourth-order valence-corrected chi connectivity index (χ4v) is 1.55. The summed E-state index contributed by atoms with van der Waals surface area (Å²) in [6.45, 7) is 4.61. The van der Waals surface area contributed by atoms with Gasteiger partial charge in [0, 0.05) is 18.2 Å². The molecular weight excluding hydrogens is 214 g/mol. The number of hydrogen-bond donors (Lipinski definition) is 1. The predicted octanol–water partition coefficient (Wildman–Crippen LogP) is 2.71. The van der Waals surface area contributed by atoms with Gasteiger partial charge in [-0.3, -0.25) is 4.68 Å². The van der Waals surface area contributed by atoms with E-state index in [0.29, 0.717) is 12.6 Å². The van der Waals surface area contributed by atoms with Gasteiger partial charge in [-0.25, -0.2) is 0 Å². The molecular formula is C13H17N3O. The second-order valence-electron chi connectivity index (χ2n) is 4.16. The molecule has 0 bridgehead atoms. The molecule has 2 rings (SSSR count). The van der Waals surface area contributed by atoms with Crippen molar-refractivity contribution < 1.29 is 4.74 Å². The maximum atomic E-state index is 5.77. The zero-order chi connectivity index (χ0) is 12.3. The van der Waals surface area contributed by atoms with Crippen molar-refractivity contribution in [1.29, 1.82) is 0 Å². The number of rotatable bonds is 4. The first-order valence-electron chi connectivity index (χ1n) is 5.70. The highest BCUT2D eigenvalue weighted by molar-refractivity contribution is 5.36. The van der Waals surface area contributed by atoms with E-state index in [9.17, 15) is 0 Å². The molecule has 1 aromatic heterocycles. The lowest BCUT2D eigenvalue weighted by Gasteiger charge is -2.07. The van der Waals surface area contributed by atoms with Gasteiger partial charge in [-0.1, -0.05) is 18.2 Å². The number of nitrogens with zero attached hydrogens (tertiary/aromatic N) is 2. The summed E-state index contributed by atoms with van der Waals surface area (Å²) in [5.74, 6) is 1.53. The summed E-state index contributed by atoms with van der Waals surface area (Å²) in [6.07, 6.45) is 3.60. The molecule has 0 aliphatic carbocycles. The Morgan fingerprint density at radius 2 is 2.12 bits per heavy atom. The highest BCUT2D eigenvalue weighted by Crippen LogP contribution is 2.25. The molecule has 0 aliphatic rings. The Morgan fingerprint density at radius 1 is 1.35 bits per heavy atom. The molecule has 0 spiro atoms. The number of aromatic nitrogens is 2. The molecule has 0 atom stereocenters. The molecule has 1 heterocycles. The smallest absolute Gasteiger partial charge is 0.165 e. The van der Waals surface area contributed by atoms with Crippen molar-refractivity contribution in [2.45, 2.75) is 26.4 Å². The van der Waals surface area contributed by atoms with Crippen molar-refractivity contribution in [1.82, 2.24) is 9.78 Å². The maximum Gasteiger partial charge on any atom is 0.165 e. The number of benzene rings is 1. The summed E-state index contributed by atoms with van der Waals surface area (Å²) in [6, 6.07) is 8.09. The van der Waals surface area contributed by atoms with Crippen LogP contribution in [0, 0.1) is 0 Å². The number of ether oxygens (including phenoxy) is 1. The predicted molar refractivity (Wildman–Crippen MR) is 67.0 cm³/mol. The Hall–Kier alpha value is -1.81.